The van der Waals surface area contributed by atoms with E-state index >= 15 is 0 Å². The molecule has 3 rings (SSSR count). The second-order valence-electron chi connectivity index (χ2n) is 5.24. The predicted molar refractivity (Wildman–Crippen MR) is 97.4 cm³/mol. The quantitative estimate of drug-likeness (QED) is 0.545. The molecule has 130 valence electrons. The number of benzene rings is 2. The number of rotatable bonds is 7. The van der Waals surface area contributed by atoms with Crippen LogP contribution in [0, 0.1) is 5.82 Å². The Morgan fingerprint density at radius 3 is 2.64 bits per heavy atom. The highest BCUT2D eigenvalue weighted by atomic mass is 35.5. The normalized spacial score (nSPS) is 10.8. The fourth-order valence-electron chi connectivity index (χ4n) is 2.31. The minimum atomic E-state index is -0.208. The molecule has 25 heavy (non-hydrogen) atoms. The van der Waals surface area contributed by atoms with Gasteiger partial charge in [-0.2, -0.15) is 0 Å². The molecule has 0 spiro atoms. The molecule has 0 fully saturated rings. The summed E-state index contributed by atoms with van der Waals surface area (Å²) in [4.78, 5) is 0. The van der Waals surface area contributed by atoms with Crippen molar-refractivity contribution in [2.45, 2.75) is 31.0 Å². The van der Waals surface area contributed by atoms with Crippen molar-refractivity contribution < 1.29 is 9.13 Å². The summed E-state index contributed by atoms with van der Waals surface area (Å²) in [7, 11) is 0. The molecule has 1 aromatic heterocycles. The van der Waals surface area contributed by atoms with Crippen LogP contribution in [0.2, 0.25) is 5.02 Å². The van der Waals surface area contributed by atoms with E-state index in [0.717, 1.165) is 5.16 Å². The van der Waals surface area contributed by atoms with Crippen molar-refractivity contribution in [1.29, 1.82) is 0 Å². The van der Waals surface area contributed by atoms with E-state index in [1.165, 1.54) is 17.8 Å². The van der Waals surface area contributed by atoms with Gasteiger partial charge in [-0.25, -0.2) is 4.39 Å². The first kappa shape index (κ1) is 17.8. The van der Waals surface area contributed by atoms with Crippen LogP contribution in [-0.4, -0.2) is 14.8 Å². The summed E-state index contributed by atoms with van der Waals surface area (Å²) in [6.45, 7) is 2.98. The van der Waals surface area contributed by atoms with Gasteiger partial charge < -0.3 is 9.30 Å². The lowest BCUT2D eigenvalue weighted by Gasteiger charge is -2.10. The molecule has 3 aromatic rings. The van der Waals surface area contributed by atoms with Crippen molar-refractivity contribution in [3.63, 3.8) is 0 Å². The Bertz CT molecular complexity index is 789. The maximum atomic E-state index is 13.7. The zero-order chi connectivity index (χ0) is 17.6. The van der Waals surface area contributed by atoms with Gasteiger partial charge in [0.05, 0.1) is 5.02 Å². The number of ether oxygens (including phenoxy) is 1. The van der Waals surface area contributed by atoms with Gasteiger partial charge in [0, 0.05) is 12.3 Å². The number of para-hydroxylation sites is 1. The van der Waals surface area contributed by atoms with E-state index < -0.39 is 0 Å². The monoisotopic (exact) mass is 377 g/mol. The molecule has 4 nitrogen and oxygen atoms in total. The molecule has 0 saturated carbocycles. The Hall–Kier alpha value is -2.05. The molecule has 7 heteroatoms. The first-order valence-corrected chi connectivity index (χ1v) is 9.21. The van der Waals surface area contributed by atoms with Gasteiger partial charge in [-0.1, -0.05) is 53.7 Å². The van der Waals surface area contributed by atoms with Crippen molar-refractivity contribution >= 4 is 23.4 Å². The van der Waals surface area contributed by atoms with Gasteiger partial charge in [-0.3, -0.25) is 0 Å². The van der Waals surface area contributed by atoms with Gasteiger partial charge in [0.2, 0.25) is 0 Å². The Morgan fingerprint density at radius 1 is 1.12 bits per heavy atom. The molecule has 0 amide bonds. The minimum Gasteiger partial charge on any atom is -0.484 e. The van der Waals surface area contributed by atoms with Crippen molar-refractivity contribution in [2.75, 3.05) is 0 Å². The van der Waals surface area contributed by atoms with Crippen molar-refractivity contribution in [3.05, 3.63) is 70.8 Å². The van der Waals surface area contributed by atoms with Crippen LogP contribution < -0.4 is 4.74 Å². The molecule has 0 unspecified atom stereocenters. The molecule has 0 radical (unpaired) electrons. The molecule has 0 aliphatic rings. The Labute approximate surface area is 155 Å². The molecule has 0 saturated heterocycles. The second-order valence-corrected chi connectivity index (χ2v) is 6.59. The SMILES string of the molecule is CCn1c(COc2ccccc2Cl)nnc1SCc1ccccc1F. The van der Waals surface area contributed by atoms with E-state index in [-0.39, 0.29) is 12.4 Å². The van der Waals surface area contributed by atoms with Crippen LogP contribution >= 0.6 is 23.4 Å². The summed E-state index contributed by atoms with van der Waals surface area (Å²) in [5.41, 5.74) is 0.645. The highest BCUT2D eigenvalue weighted by Crippen LogP contribution is 2.26. The molecule has 0 aliphatic heterocycles. The van der Waals surface area contributed by atoms with Crippen LogP contribution in [0.15, 0.2) is 53.7 Å². The summed E-state index contributed by atoms with van der Waals surface area (Å²) in [5.74, 6) is 1.60. The third-order valence-corrected chi connectivity index (χ3v) is 4.95. The molecule has 0 aliphatic carbocycles. The van der Waals surface area contributed by atoms with Crippen LogP contribution in [0.3, 0.4) is 0 Å². The fraction of sp³-hybridized carbons (Fsp3) is 0.222. The molecular weight excluding hydrogens is 361 g/mol. The molecule has 0 N–H and O–H groups in total. The van der Waals surface area contributed by atoms with Gasteiger partial charge in [0.15, 0.2) is 11.0 Å². The molecule has 0 atom stereocenters. The lowest BCUT2D eigenvalue weighted by molar-refractivity contribution is 0.288. The Kier molecular flexibility index (Phi) is 5.94. The molecular formula is C18H17ClFN3OS. The summed E-state index contributed by atoms with van der Waals surface area (Å²) in [6.07, 6.45) is 0. The predicted octanol–water partition coefficient (Wildman–Crippen LogP) is 4.96. The number of halogens is 2. The maximum absolute atomic E-state index is 13.7. The fourth-order valence-corrected chi connectivity index (χ4v) is 3.51. The van der Waals surface area contributed by atoms with Gasteiger partial charge in [-0.05, 0) is 30.7 Å². The average Bonchev–Trinajstić information content (AvgIpc) is 3.02. The van der Waals surface area contributed by atoms with E-state index in [0.29, 0.717) is 34.5 Å². The third-order valence-electron chi connectivity index (χ3n) is 3.62. The second kappa shape index (κ2) is 8.36. The third kappa shape index (κ3) is 4.32. The van der Waals surface area contributed by atoms with Crippen LogP contribution in [0.5, 0.6) is 5.75 Å². The minimum absolute atomic E-state index is 0.208. The molecule has 1 heterocycles. The van der Waals surface area contributed by atoms with Crippen molar-refractivity contribution in [2.24, 2.45) is 0 Å². The van der Waals surface area contributed by atoms with Gasteiger partial charge in [0.25, 0.3) is 0 Å². The highest BCUT2D eigenvalue weighted by molar-refractivity contribution is 7.98. The highest BCUT2D eigenvalue weighted by Gasteiger charge is 2.13. The molecule has 0 bridgehead atoms. The van der Waals surface area contributed by atoms with E-state index in [9.17, 15) is 4.39 Å². The van der Waals surface area contributed by atoms with E-state index in [4.69, 9.17) is 16.3 Å². The maximum Gasteiger partial charge on any atom is 0.191 e. The zero-order valence-electron chi connectivity index (χ0n) is 13.7. The average molecular weight is 378 g/mol. The van der Waals surface area contributed by atoms with Crippen LogP contribution in [0.25, 0.3) is 0 Å². The van der Waals surface area contributed by atoms with E-state index in [2.05, 4.69) is 10.2 Å². The first-order chi connectivity index (χ1) is 12.2. The summed E-state index contributed by atoms with van der Waals surface area (Å²) >= 11 is 7.55. The van der Waals surface area contributed by atoms with Crippen molar-refractivity contribution in [1.82, 2.24) is 14.8 Å². The standard InChI is InChI=1S/C18H17ClFN3OS/c1-2-23-17(11-24-16-10-6-4-8-14(16)19)21-22-18(23)25-12-13-7-3-5-9-15(13)20/h3-10H,2,11-12H2,1H3. The van der Waals surface area contributed by atoms with Crippen LogP contribution in [-0.2, 0) is 18.9 Å². The zero-order valence-corrected chi connectivity index (χ0v) is 15.2. The summed E-state index contributed by atoms with van der Waals surface area (Å²) in [5, 5.41) is 9.70. The number of hydrogen-bond donors (Lipinski definition) is 0. The van der Waals surface area contributed by atoms with Crippen LogP contribution in [0.4, 0.5) is 4.39 Å². The van der Waals surface area contributed by atoms with E-state index in [1.54, 1.807) is 18.2 Å². The molecule has 2 aromatic carbocycles. The van der Waals surface area contributed by atoms with Gasteiger partial charge in [-0.15, -0.1) is 10.2 Å². The van der Waals surface area contributed by atoms with Crippen LogP contribution in [0.1, 0.15) is 18.3 Å². The summed E-state index contributed by atoms with van der Waals surface area (Å²) < 4.78 is 21.4. The first-order valence-electron chi connectivity index (χ1n) is 7.84. The number of hydrogen-bond acceptors (Lipinski definition) is 4. The summed E-state index contributed by atoms with van der Waals surface area (Å²) in [6, 6.07) is 14.0. The number of thioether (sulfide) groups is 1. The van der Waals surface area contributed by atoms with Gasteiger partial charge in [0.1, 0.15) is 18.2 Å². The van der Waals surface area contributed by atoms with Crippen molar-refractivity contribution in [3.8, 4) is 5.75 Å². The topological polar surface area (TPSA) is 39.9 Å². The smallest absolute Gasteiger partial charge is 0.191 e. The van der Waals surface area contributed by atoms with Gasteiger partial charge >= 0.3 is 0 Å². The largest absolute Gasteiger partial charge is 0.484 e. The number of aromatic nitrogens is 3. The Morgan fingerprint density at radius 2 is 1.88 bits per heavy atom. The lowest BCUT2D eigenvalue weighted by atomic mass is 10.2. The lowest BCUT2D eigenvalue weighted by Crippen LogP contribution is -2.07. The number of nitrogens with zero attached hydrogens (tertiary/aromatic N) is 3. The van der Waals surface area contributed by atoms with E-state index in [1.807, 2.05) is 35.8 Å². The Balaban J connectivity index is 1.68.